The van der Waals surface area contributed by atoms with E-state index in [2.05, 4.69) is 66.4 Å². The van der Waals surface area contributed by atoms with Crippen LogP contribution >= 0.6 is 15.9 Å². The summed E-state index contributed by atoms with van der Waals surface area (Å²) >= 11 is 3.57. The molecule has 5 heteroatoms. The molecule has 0 amide bonds. The summed E-state index contributed by atoms with van der Waals surface area (Å²) < 4.78 is 1.13. The number of halogens is 1. The van der Waals surface area contributed by atoms with Gasteiger partial charge in [0, 0.05) is 30.2 Å². The van der Waals surface area contributed by atoms with Gasteiger partial charge in [-0.05, 0) is 35.2 Å². The molecule has 1 aliphatic rings. The SMILES string of the molecule is Brc1ccc2c(c1)CN(c1cc(NCc3ccccc3)ncn1)CC2. The van der Waals surface area contributed by atoms with Crippen molar-refractivity contribution in [3.63, 3.8) is 0 Å². The molecular formula is C20H19BrN4. The molecule has 4 rings (SSSR count). The van der Waals surface area contributed by atoms with E-state index in [1.54, 1.807) is 6.33 Å². The molecule has 0 saturated carbocycles. The van der Waals surface area contributed by atoms with Gasteiger partial charge in [-0.1, -0.05) is 52.3 Å². The monoisotopic (exact) mass is 394 g/mol. The van der Waals surface area contributed by atoms with E-state index in [0.29, 0.717) is 0 Å². The number of fused-ring (bicyclic) bond motifs is 1. The molecule has 4 nitrogen and oxygen atoms in total. The van der Waals surface area contributed by atoms with Crippen LogP contribution < -0.4 is 10.2 Å². The van der Waals surface area contributed by atoms with Crippen LogP contribution in [0.4, 0.5) is 11.6 Å². The zero-order valence-corrected chi connectivity index (χ0v) is 15.4. The first kappa shape index (κ1) is 16.1. The van der Waals surface area contributed by atoms with Gasteiger partial charge >= 0.3 is 0 Å². The molecule has 126 valence electrons. The van der Waals surface area contributed by atoms with E-state index in [1.807, 2.05) is 24.3 Å². The maximum absolute atomic E-state index is 4.48. The van der Waals surface area contributed by atoms with Gasteiger partial charge in [-0.15, -0.1) is 0 Å². The van der Waals surface area contributed by atoms with Crippen molar-refractivity contribution in [2.24, 2.45) is 0 Å². The minimum atomic E-state index is 0.757. The van der Waals surface area contributed by atoms with Crippen LogP contribution in [0, 0.1) is 0 Å². The van der Waals surface area contributed by atoms with Crippen molar-refractivity contribution in [2.75, 3.05) is 16.8 Å². The van der Waals surface area contributed by atoms with Crippen molar-refractivity contribution < 1.29 is 0 Å². The van der Waals surface area contributed by atoms with Crippen molar-refractivity contribution in [3.8, 4) is 0 Å². The molecular weight excluding hydrogens is 376 g/mol. The minimum absolute atomic E-state index is 0.757. The van der Waals surface area contributed by atoms with Crippen LogP contribution in [0.25, 0.3) is 0 Å². The van der Waals surface area contributed by atoms with Crippen LogP contribution in [0.3, 0.4) is 0 Å². The second-order valence-corrected chi connectivity index (χ2v) is 7.10. The van der Waals surface area contributed by atoms with Crippen molar-refractivity contribution in [1.29, 1.82) is 0 Å². The molecule has 1 aliphatic heterocycles. The molecule has 0 bridgehead atoms. The molecule has 0 fully saturated rings. The lowest BCUT2D eigenvalue weighted by Gasteiger charge is -2.30. The highest BCUT2D eigenvalue weighted by atomic mass is 79.9. The van der Waals surface area contributed by atoms with E-state index in [-0.39, 0.29) is 0 Å². The van der Waals surface area contributed by atoms with Crippen LogP contribution in [-0.2, 0) is 19.5 Å². The third kappa shape index (κ3) is 3.82. The number of nitrogens with one attached hydrogen (secondary N) is 1. The highest BCUT2D eigenvalue weighted by Gasteiger charge is 2.18. The Morgan fingerprint density at radius 1 is 1.00 bits per heavy atom. The first-order chi connectivity index (χ1) is 12.3. The fourth-order valence-electron chi connectivity index (χ4n) is 3.13. The second kappa shape index (κ2) is 7.23. The summed E-state index contributed by atoms with van der Waals surface area (Å²) in [6.07, 6.45) is 2.68. The van der Waals surface area contributed by atoms with Crippen LogP contribution in [-0.4, -0.2) is 16.5 Å². The van der Waals surface area contributed by atoms with Gasteiger partial charge in [0.15, 0.2) is 0 Å². The highest BCUT2D eigenvalue weighted by Crippen LogP contribution is 2.26. The molecule has 0 unspecified atom stereocenters. The molecule has 2 heterocycles. The molecule has 0 saturated heterocycles. The summed E-state index contributed by atoms with van der Waals surface area (Å²) in [5.41, 5.74) is 4.02. The van der Waals surface area contributed by atoms with Crippen molar-refractivity contribution in [1.82, 2.24) is 9.97 Å². The molecule has 0 atom stereocenters. The van der Waals surface area contributed by atoms with Gasteiger partial charge in [0.05, 0.1) is 0 Å². The molecule has 2 aromatic carbocycles. The average Bonchev–Trinajstić information content (AvgIpc) is 2.67. The topological polar surface area (TPSA) is 41.0 Å². The summed E-state index contributed by atoms with van der Waals surface area (Å²) in [6.45, 7) is 2.61. The first-order valence-corrected chi connectivity index (χ1v) is 9.19. The third-order valence-corrected chi connectivity index (χ3v) is 4.97. The summed E-state index contributed by atoms with van der Waals surface area (Å²) in [5, 5.41) is 3.38. The summed E-state index contributed by atoms with van der Waals surface area (Å²) in [7, 11) is 0. The largest absolute Gasteiger partial charge is 0.366 e. The van der Waals surface area contributed by atoms with E-state index >= 15 is 0 Å². The fraction of sp³-hybridized carbons (Fsp3) is 0.200. The van der Waals surface area contributed by atoms with Gasteiger partial charge in [-0.25, -0.2) is 9.97 Å². The van der Waals surface area contributed by atoms with E-state index in [4.69, 9.17) is 0 Å². The lowest BCUT2D eigenvalue weighted by molar-refractivity contribution is 0.719. The summed E-state index contributed by atoms with van der Waals surface area (Å²) in [6, 6.07) is 18.9. The third-order valence-electron chi connectivity index (χ3n) is 4.47. The van der Waals surface area contributed by atoms with Gasteiger partial charge in [0.25, 0.3) is 0 Å². The van der Waals surface area contributed by atoms with Gasteiger partial charge in [0.2, 0.25) is 0 Å². The van der Waals surface area contributed by atoms with Crippen LogP contribution in [0.1, 0.15) is 16.7 Å². The van der Waals surface area contributed by atoms with Gasteiger partial charge in [0.1, 0.15) is 18.0 Å². The quantitative estimate of drug-likeness (QED) is 0.711. The van der Waals surface area contributed by atoms with E-state index in [1.165, 1.54) is 16.7 Å². The molecule has 1 N–H and O–H groups in total. The van der Waals surface area contributed by atoms with Gasteiger partial charge in [-0.3, -0.25) is 0 Å². The van der Waals surface area contributed by atoms with Crippen molar-refractivity contribution >= 4 is 27.6 Å². The Morgan fingerprint density at radius 2 is 1.88 bits per heavy atom. The van der Waals surface area contributed by atoms with Crippen LogP contribution in [0.15, 0.2) is 65.4 Å². The second-order valence-electron chi connectivity index (χ2n) is 6.19. The Morgan fingerprint density at radius 3 is 2.76 bits per heavy atom. The molecule has 1 aromatic heterocycles. The van der Waals surface area contributed by atoms with E-state index < -0.39 is 0 Å². The maximum atomic E-state index is 4.48. The van der Waals surface area contributed by atoms with E-state index in [9.17, 15) is 0 Å². The van der Waals surface area contributed by atoms with Gasteiger partial charge < -0.3 is 10.2 Å². The smallest absolute Gasteiger partial charge is 0.134 e. The standard InChI is InChI=1S/C20H19BrN4/c21-18-7-6-16-8-9-25(13-17(16)10-18)20-11-19(23-14-24-20)22-12-15-4-2-1-3-5-15/h1-7,10-11,14H,8-9,12-13H2,(H,22,23,24). The summed E-state index contributed by atoms with van der Waals surface area (Å²) in [5.74, 6) is 1.82. The Bertz CT molecular complexity index is 867. The number of rotatable bonds is 4. The lowest BCUT2D eigenvalue weighted by atomic mass is 10.00. The first-order valence-electron chi connectivity index (χ1n) is 8.40. The number of hydrogen-bond donors (Lipinski definition) is 1. The number of nitrogens with zero attached hydrogens (tertiary/aromatic N) is 3. The Hall–Kier alpha value is -2.40. The van der Waals surface area contributed by atoms with Gasteiger partial charge in [-0.2, -0.15) is 0 Å². The molecule has 0 aliphatic carbocycles. The molecule has 0 spiro atoms. The number of hydrogen-bond acceptors (Lipinski definition) is 4. The highest BCUT2D eigenvalue weighted by molar-refractivity contribution is 9.10. The Balaban J connectivity index is 1.48. The number of anilines is 2. The molecule has 25 heavy (non-hydrogen) atoms. The number of benzene rings is 2. The predicted octanol–water partition coefficient (Wildman–Crippen LogP) is 4.41. The van der Waals surface area contributed by atoms with Crippen LogP contribution in [0.5, 0.6) is 0 Å². The van der Waals surface area contributed by atoms with Crippen molar-refractivity contribution in [2.45, 2.75) is 19.5 Å². The zero-order valence-electron chi connectivity index (χ0n) is 13.8. The van der Waals surface area contributed by atoms with E-state index in [0.717, 1.165) is 42.2 Å². The average molecular weight is 395 g/mol. The fourth-order valence-corrected chi connectivity index (χ4v) is 3.53. The molecule has 0 radical (unpaired) electrons. The lowest BCUT2D eigenvalue weighted by Crippen LogP contribution is -2.31. The predicted molar refractivity (Wildman–Crippen MR) is 105 cm³/mol. The number of aromatic nitrogens is 2. The maximum Gasteiger partial charge on any atom is 0.134 e. The summed E-state index contributed by atoms with van der Waals surface area (Å²) in [4.78, 5) is 11.1. The Kier molecular flexibility index (Phi) is 4.65. The zero-order chi connectivity index (χ0) is 17.1. The molecule has 3 aromatic rings. The normalized spacial score (nSPS) is 13.4. The minimum Gasteiger partial charge on any atom is -0.366 e. The Labute approximate surface area is 156 Å². The van der Waals surface area contributed by atoms with Crippen LogP contribution in [0.2, 0.25) is 0 Å². The van der Waals surface area contributed by atoms with Crippen molar-refractivity contribution in [3.05, 3.63) is 82.1 Å².